The molecule has 0 aromatic carbocycles. The van der Waals surface area contributed by atoms with E-state index in [2.05, 4.69) is 4.84 Å². The Bertz CT molecular complexity index is 413. The second kappa shape index (κ2) is 4.26. The molecule has 1 saturated carbocycles. The minimum atomic E-state index is -5.63. The summed E-state index contributed by atoms with van der Waals surface area (Å²) in [5, 5.41) is 8.71. The summed E-state index contributed by atoms with van der Waals surface area (Å²) >= 11 is 5.59. The van der Waals surface area contributed by atoms with Crippen molar-refractivity contribution >= 4 is 11.6 Å². The van der Waals surface area contributed by atoms with Crippen LogP contribution in [-0.2, 0) is 4.84 Å². The fraction of sp³-hybridized carbons (Fsp3) is 1.00. The highest BCUT2D eigenvalue weighted by molar-refractivity contribution is 6.22. The number of hydrogen-bond donors (Lipinski definition) is 1. The van der Waals surface area contributed by atoms with E-state index in [0.717, 1.165) is 0 Å². The first-order chi connectivity index (χ1) is 8.92. The smallest absolute Gasteiger partial charge is 0.309 e. The van der Waals surface area contributed by atoms with Crippen LogP contribution < -0.4 is 5.32 Å². The van der Waals surface area contributed by atoms with Gasteiger partial charge in [-0.3, -0.25) is 5.32 Å². The van der Waals surface area contributed by atoms with Crippen LogP contribution in [0.5, 0.6) is 0 Å². The molecule has 2 fully saturated rings. The molecule has 1 saturated heterocycles. The molecule has 0 radical (unpaired) electrons. The maximum Gasteiger partial charge on any atom is 0.415 e. The molecule has 116 valence electrons. The lowest BCUT2D eigenvalue weighted by molar-refractivity contribution is -0.769. The zero-order valence-electron chi connectivity index (χ0n) is 9.33. The number of fused-ring (bicyclic) bond motifs is 2. The van der Waals surface area contributed by atoms with E-state index < -0.39 is 52.8 Å². The standard InChI is InChI=1S/C8H7ClF6N2O3/c9-4-2-1-3(20-17(18)19)5(4)16-6(2,7(10,11)12)8(13,14)15/h2-5,16H,1H2/t2-,3-,4+,5-/m0/s1. The van der Waals surface area contributed by atoms with E-state index in [1.807, 2.05) is 0 Å². The van der Waals surface area contributed by atoms with Crippen molar-refractivity contribution in [2.45, 2.75) is 41.8 Å². The summed E-state index contributed by atoms with van der Waals surface area (Å²) in [5.74, 6) is -2.08. The van der Waals surface area contributed by atoms with Crippen molar-refractivity contribution in [2.75, 3.05) is 0 Å². The summed E-state index contributed by atoms with van der Waals surface area (Å²) in [7, 11) is 0. The molecule has 1 aliphatic carbocycles. The Morgan fingerprint density at radius 1 is 1.25 bits per heavy atom. The Labute approximate surface area is 112 Å². The quantitative estimate of drug-likeness (QED) is 0.364. The fourth-order valence-corrected chi connectivity index (χ4v) is 3.42. The second-order valence-corrected chi connectivity index (χ2v) is 5.13. The number of piperidine rings is 1. The van der Waals surface area contributed by atoms with Gasteiger partial charge in [-0.25, -0.2) is 0 Å². The van der Waals surface area contributed by atoms with E-state index in [4.69, 9.17) is 11.6 Å². The molecular weight excluding hydrogens is 322 g/mol. The lowest BCUT2D eigenvalue weighted by atomic mass is 9.82. The van der Waals surface area contributed by atoms with Crippen LogP contribution >= 0.6 is 11.6 Å². The lowest BCUT2D eigenvalue weighted by Crippen LogP contribution is -2.70. The predicted molar refractivity (Wildman–Crippen MR) is 51.4 cm³/mol. The van der Waals surface area contributed by atoms with Crippen molar-refractivity contribution in [3.63, 3.8) is 0 Å². The monoisotopic (exact) mass is 328 g/mol. The summed E-state index contributed by atoms with van der Waals surface area (Å²) in [6.45, 7) is 0. The van der Waals surface area contributed by atoms with Gasteiger partial charge in [0.1, 0.15) is 6.10 Å². The molecule has 0 aromatic rings. The summed E-state index contributed by atoms with van der Waals surface area (Å²) in [6.07, 6.45) is -13.5. The average Bonchev–Trinajstić information content (AvgIpc) is 2.66. The van der Waals surface area contributed by atoms with Crippen LogP contribution in [0.25, 0.3) is 0 Å². The number of hydrogen-bond acceptors (Lipinski definition) is 4. The molecular formula is C8H7ClF6N2O3. The van der Waals surface area contributed by atoms with Gasteiger partial charge in [0, 0.05) is 5.92 Å². The third-order valence-electron chi connectivity index (χ3n) is 3.68. The first-order valence-corrected chi connectivity index (χ1v) is 5.72. The van der Waals surface area contributed by atoms with Crippen molar-refractivity contribution in [3.8, 4) is 0 Å². The normalized spacial score (nSPS) is 36.1. The molecule has 12 heteroatoms. The van der Waals surface area contributed by atoms with Crippen LogP contribution in [-0.4, -0.2) is 40.5 Å². The molecule has 4 atom stereocenters. The van der Waals surface area contributed by atoms with Crippen LogP contribution in [0.3, 0.4) is 0 Å². The minimum absolute atomic E-state index is 0.800. The van der Waals surface area contributed by atoms with E-state index in [1.165, 1.54) is 5.32 Å². The van der Waals surface area contributed by atoms with E-state index in [0.29, 0.717) is 0 Å². The first kappa shape index (κ1) is 15.4. The van der Waals surface area contributed by atoms with Gasteiger partial charge >= 0.3 is 12.4 Å². The van der Waals surface area contributed by atoms with Gasteiger partial charge in [-0.2, -0.15) is 26.3 Å². The molecule has 5 nitrogen and oxygen atoms in total. The number of nitrogens with zero attached hydrogens (tertiary/aromatic N) is 1. The Balaban J connectivity index is 2.37. The van der Waals surface area contributed by atoms with Gasteiger partial charge in [-0.15, -0.1) is 21.7 Å². The van der Waals surface area contributed by atoms with Gasteiger partial charge < -0.3 is 4.84 Å². The highest BCUT2D eigenvalue weighted by Crippen LogP contribution is 2.58. The lowest BCUT2D eigenvalue weighted by Gasteiger charge is -2.42. The Morgan fingerprint density at radius 3 is 2.05 bits per heavy atom. The number of nitrogens with one attached hydrogen (secondary N) is 1. The average molecular weight is 329 g/mol. The summed E-state index contributed by atoms with van der Waals surface area (Å²) in [6, 6.07) is -1.60. The third kappa shape index (κ3) is 1.90. The minimum Gasteiger partial charge on any atom is -0.309 e. The summed E-state index contributed by atoms with van der Waals surface area (Å²) in [4.78, 5) is 14.2. The molecule has 1 heterocycles. The van der Waals surface area contributed by atoms with Gasteiger partial charge in [0.25, 0.3) is 5.09 Å². The van der Waals surface area contributed by atoms with Crippen LogP contribution in [0.2, 0.25) is 0 Å². The Morgan fingerprint density at radius 2 is 1.75 bits per heavy atom. The highest BCUT2D eigenvalue weighted by Gasteiger charge is 2.81. The van der Waals surface area contributed by atoms with Gasteiger partial charge in [-0.05, 0) is 6.42 Å². The maximum absolute atomic E-state index is 12.9. The molecule has 0 amide bonds. The van der Waals surface area contributed by atoms with Gasteiger partial charge in [0.15, 0.2) is 0 Å². The second-order valence-electron chi connectivity index (χ2n) is 4.63. The molecule has 0 unspecified atom stereocenters. The fourth-order valence-electron chi connectivity index (χ4n) is 2.90. The zero-order valence-corrected chi connectivity index (χ0v) is 10.1. The predicted octanol–water partition coefficient (Wildman–Crippen LogP) is 2.03. The van der Waals surface area contributed by atoms with Gasteiger partial charge in [0.05, 0.1) is 11.4 Å². The van der Waals surface area contributed by atoms with Crippen molar-refractivity contribution in [2.24, 2.45) is 5.92 Å². The largest absolute Gasteiger partial charge is 0.415 e. The van der Waals surface area contributed by atoms with Crippen LogP contribution in [0.15, 0.2) is 0 Å². The molecule has 20 heavy (non-hydrogen) atoms. The third-order valence-corrected chi connectivity index (χ3v) is 4.26. The first-order valence-electron chi connectivity index (χ1n) is 5.28. The number of halogens is 7. The van der Waals surface area contributed by atoms with E-state index in [9.17, 15) is 36.5 Å². The van der Waals surface area contributed by atoms with Crippen LogP contribution in [0.4, 0.5) is 26.3 Å². The van der Waals surface area contributed by atoms with Crippen LogP contribution in [0, 0.1) is 16.0 Å². The Hall–Kier alpha value is -0.970. The van der Waals surface area contributed by atoms with E-state index in [1.54, 1.807) is 0 Å². The summed E-state index contributed by atoms with van der Waals surface area (Å²) < 4.78 is 77.5. The van der Waals surface area contributed by atoms with Crippen molar-refractivity contribution in [1.82, 2.24) is 5.32 Å². The molecule has 0 spiro atoms. The van der Waals surface area contributed by atoms with Crippen molar-refractivity contribution in [1.29, 1.82) is 0 Å². The number of alkyl halides is 7. The van der Waals surface area contributed by atoms with Crippen LogP contribution in [0.1, 0.15) is 6.42 Å². The summed E-state index contributed by atoms with van der Waals surface area (Å²) in [5.41, 5.74) is -4.16. The Kier molecular flexibility index (Phi) is 3.29. The molecule has 2 aliphatic rings. The molecule has 1 N–H and O–H groups in total. The van der Waals surface area contributed by atoms with E-state index in [-0.39, 0.29) is 0 Å². The molecule has 0 aromatic heterocycles. The molecule has 2 rings (SSSR count). The van der Waals surface area contributed by atoms with Crippen molar-refractivity contribution < 1.29 is 36.3 Å². The molecule has 1 aliphatic heterocycles. The van der Waals surface area contributed by atoms with Crippen molar-refractivity contribution in [3.05, 3.63) is 10.1 Å². The SMILES string of the molecule is O=[N+]([O-])O[C@H]1C[C@H]2[C@@H](Cl)[C@H]1NC2(C(F)(F)F)C(F)(F)F. The topological polar surface area (TPSA) is 64.4 Å². The van der Waals surface area contributed by atoms with E-state index >= 15 is 0 Å². The highest BCUT2D eigenvalue weighted by atomic mass is 35.5. The van der Waals surface area contributed by atoms with Gasteiger partial charge in [-0.1, -0.05) is 0 Å². The number of rotatable bonds is 2. The van der Waals surface area contributed by atoms with Gasteiger partial charge in [0.2, 0.25) is 5.54 Å². The zero-order chi connectivity index (χ0) is 15.5. The maximum atomic E-state index is 12.9. The molecule has 2 bridgehead atoms.